The molecule has 0 aliphatic heterocycles. The maximum absolute atomic E-state index is 12.3. The summed E-state index contributed by atoms with van der Waals surface area (Å²) in [5, 5.41) is 5.30. The van der Waals surface area contributed by atoms with E-state index in [0.717, 1.165) is 10.1 Å². The summed E-state index contributed by atoms with van der Waals surface area (Å²) in [6, 6.07) is 12.9. The molecular formula is C18H15ClN2O3S. The fourth-order valence-corrected chi connectivity index (χ4v) is 3.72. The summed E-state index contributed by atoms with van der Waals surface area (Å²) in [5.74, 6) is 0.934. The van der Waals surface area contributed by atoms with Crippen LogP contribution >= 0.6 is 22.9 Å². The molecule has 1 amide bonds. The van der Waals surface area contributed by atoms with Gasteiger partial charge in [0, 0.05) is 15.6 Å². The van der Waals surface area contributed by atoms with Crippen molar-refractivity contribution in [1.29, 1.82) is 0 Å². The van der Waals surface area contributed by atoms with Crippen LogP contribution in [0.4, 0.5) is 0 Å². The van der Waals surface area contributed by atoms with E-state index in [-0.39, 0.29) is 5.91 Å². The molecule has 0 fully saturated rings. The Hall–Kier alpha value is -2.57. The lowest BCUT2D eigenvalue weighted by Gasteiger charge is -2.06. The highest BCUT2D eigenvalue weighted by Crippen LogP contribution is 2.34. The van der Waals surface area contributed by atoms with Crippen molar-refractivity contribution in [3.8, 4) is 11.5 Å². The zero-order valence-corrected chi connectivity index (χ0v) is 15.1. The van der Waals surface area contributed by atoms with Gasteiger partial charge in [-0.05, 0) is 24.3 Å². The average molecular weight is 375 g/mol. The van der Waals surface area contributed by atoms with Gasteiger partial charge in [-0.25, -0.2) is 5.43 Å². The highest BCUT2D eigenvalue weighted by atomic mass is 35.5. The predicted molar refractivity (Wildman–Crippen MR) is 101 cm³/mol. The molecule has 5 nitrogen and oxygen atoms in total. The van der Waals surface area contributed by atoms with E-state index in [2.05, 4.69) is 10.5 Å². The Morgan fingerprint density at radius 2 is 2.00 bits per heavy atom. The van der Waals surface area contributed by atoms with Gasteiger partial charge in [-0.1, -0.05) is 29.8 Å². The number of benzene rings is 2. The molecule has 1 heterocycles. The first kappa shape index (κ1) is 17.3. The van der Waals surface area contributed by atoms with Gasteiger partial charge >= 0.3 is 0 Å². The molecule has 3 rings (SSSR count). The number of carbonyl (C=O) groups excluding carboxylic acids is 1. The number of thiophene rings is 1. The van der Waals surface area contributed by atoms with Gasteiger partial charge in [0.2, 0.25) is 0 Å². The highest BCUT2D eigenvalue weighted by molar-refractivity contribution is 7.21. The van der Waals surface area contributed by atoms with Crippen LogP contribution in [0.5, 0.6) is 11.5 Å². The first-order chi connectivity index (χ1) is 12.1. The second-order valence-electron chi connectivity index (χ2n) is 5.05. The molecule has 1 N–H and O–H groups in total. The third kappa shape index (κ3) is 3.60. The van der Waals surface area contributed by atoms with Crippen LogP contribution in [0.1, 0.15) is 15.2 Å². The van der Waals surface area contributed by atoms with Gasteiger partial charge in [-0.2, -0.15) is 5.10 Å². The second-order valence-corrected chi connectivity index (χ2v) is 6.48. The molecular weight excluding hydrogens is 360 g/mol. The topological polar surface area (TPSA) is 59.9 Å². The highest BCUT2D eigenvalue weighted by Gasteiger charge is 2.16. The number of nitrogens with zero attached hydrogens (tertiary/aromatic N) is 1. The quantitative estimate of drug-likeness (QED) is 0.534. The zero-order chi connectivity index (χ0) is 17.8. The van der Waals surface area contributed by atoms with Crippen LogP contribution in [0, 0.1) is 0 Å². The molecule has 0 spiro atoms. The van der Waals surface area contributed by atoms with E-state index in [1.54, 1.807) is 32.4 Å². The van der Waals surface area contributed by atoms with Crippen molar-refractivity contribution in [2.75, 3.05) is 14.2 Å². The summed E-state index contributed by atoms with van der Waals surface area (Å²) in [4.78, 5) is 12.8. The number of carbonyl (C=O) groups is 1. The standard InChI is InChI=1S/C18H15ClN2O3S/c1-23-12-7-8-14(24-2)11(9-12)10-20-21-18(22)17-16(19)13-5-3-4-6-15(13)25-17/h3-10H,1-2H3,(H,21,22)/b20-10+. The molecule has 0 bridgehead atoms. The van der Waals surface area contributed by atoms with Crippen LogP contribution in [0.15, 0.2) is 47.6 Å². The number of hydrogen-bond acceptors (Lipinski definition) is 5. The van der Waals surface area contributed by atoms with E-state index in [0.29, 0.717) is 27.0 Å². The molecule has 2 aromatic carbocycles. The molecule has 0 atom stereocenters. The average Bonchev–Trinajstić information content (AvgIpc) is 2.98. The van der Waals surface area contributed by atoms with Gasteiger partial charge in [0.1, 0.15) is 16.4 Å². The number of amides is 1. The summed E-state index contributed by atoms with van der Waals surface area (Å²) in [6.45, 7) is 0. The van der Waals surface area contributed by atoms with Crippen LogP contribution in [0.2, 0.25) is 5.02 Å². The van der Waals surface area contributed by atoms with Crippen LogP contribution in [0.25, 0.3) is 10.1 Å². The Morgan fingerprint density at radius 3 is 2.72 bits per heavy atom. The Balaban J connectivity index is 1.80. The molecule has 0 aliphatic carbocycles. The molecule has 128 valence electrons. The first-order valence-electron chi connectivity index (χ1n) is 7.36. The van der Waals surface area contributed by atoms with E-state index in [9.17, 15) is 4.79 Å². The molecule has 7 heteroatoms. The third-order valence-electron chi connectivity index (χ3n) is 3.55. The van der Waals surface area contributed by atoms with Gasteiger partial charge in [0.05, 0.1) is 25.5 Å². The molecule has 0 radical (unpaired) electrons. The van der Waals surface area contributed by atoms with Gasteiger partial charge in [-0.15, -0.1) is 11.3 Å². The summed E-state index contributed by atoms with van der Waals surface area (Å²) < 4.78 is 11.4. The largest absolute Gasteiger partial charge is 0.497 e. The summed E-state index contributed by atoms with van der Waals surface area (Å²) >= 11 is 7.63. The number of rotatable bonds is 5. The molecule has 25 heavy (non-hydrogen) atoms. The number of hydrogen-bond donors (Lipinski definition) is 1. The van der Waals surface area contributed by atoms with Crippen molar-refractivity contribution in [2.24, 2.45) is 5.10 Å². The number of ether oxygens (including phenoxy) is 2. The summed E-state index contributed by atoms with van der Waals surface area (Å²) in [6.07, 6.45) is 1.50. The van der Waals surface area contributed by atoms with Crippen LogP contribution < -0.4 is 14.9 Å². The summed E-state index contributed by atoms with van der Waals surface area (Å²) in [7, 11) is 3.14. The van der Waals surface area contributed by atoms with E-state index in [4.69, 9.17) is 21.1 Å². The Kier molecular flexibility index (Phi) is 5.21. The van der Waals surface area contributed by atoms with E-state index in [1.807, 2.05) is 24.3 Å². The zero-order valence-electron chi connectivity index (χ0n) is 13.6. The van der Waals surface area contributed by atoms with E-state index < -0.39 is 0 Å². The minimum atomic E-state index is -0.357. The SMILES string of the molecule is COc1ccc(OC)c(/C=N/NC(=O)c2sc3ccccc3c2Cl)c1. The lowest BCUT2D eigenvalue weighted by atomic mass is 10.2. The van der Waals surface area contributed by atoms with E-state index >= 15 is 0 Å². The second kappa shape index (κ2) is 7.55. The number of fused-ring (bicyclic) bond motifs is 1. The fraction of sp³-hybridized carbons (Fsp3) is 0.111. The lowest BCUT2D eigenvalue weighted by Crippen LogP contribution is -2.16. The van der Waals surface area contributed by atoms with Crippen molar-refractivity contribution < 1.29 is 14.3 Å². The molecule has 1 aromatic heterocycles. The third-order valence-corrected chi connectivity index (χ3v) is 5.22. The van der Waals surface area contributed by atoms with Crippen LogP contribution in [0.3, 0.4) is 0 Å². The molecule has 3 aromatic rings. The summed E-state index contributed by atoms with van der Waals surface area (Å²) in [5.41, 5.74) is 3.18. The molecule has 0 unspecified atom stereocenters. The molecule has 0 saturated carbocycles. The number of halogens is 1. The maximum atomic E-state index is 12.3. The minimum absolute atomic E-state index is 0.357. The first-order valence-corrected chi connectivity index (χ1v) is 8.56. The van der Waals surface area contributed by atoms with E-state index in [1.165, 1.54) is 17.6 Å². The fourth-order valence-electron chi connectivity index (χ4n) is 2.31. The van der Waals surface area contributed by atoms with Crippen molar-refractivity contribution in [2.45, 2.75) is 0 Å². The predicted octanol–water partition coefficient (Wildman–Crippen LogP) is 4.34. The molecule has 0 saturated heterocycles. The van der Waals surface area contributed by atoms with Crippen molar-refractivity contribution in [1.82, 2.24) is 5.43 Å². The maximum Gasteiger partial charge on any atom is 0.283 e. The van der Waals surface area contributed by atoms with Crippen LogP contribution in [-0.4, -0.2) is 26.3 Å². The normalized spacial score (nSPS) is 11.0. The Labute approximate surface area is 153 Å². The Morgan fingerprint density at radius 1 is 1.20 bits per heavy atom. The smallest absolute Gasteiger partial charge is 0.283 e. The van der Waals surface area contributed by atoms with Crippen LogP contribution in [-0.2, 0) is 0 Å². The van der Waals surface area contributed by atoms with Gasteiger partial charge in [0.15, 0.2) is 0 Å². The monoisotopic (exact) mass is 374 g/mol. The van der Waals surface area contributed by atoms with Gasteiger partial charge < -0.3 is 9.47 Å². The van der Waals surface area contributed by atoms with Crippen molar-refractivity contribution in [3.05, 3.63) is 57.9 Å². The van der Waals surface area contributed by atoms with Crippen molar-refractivity contribution >= 4 is 45.1 Å². The molecule has 0 aliphatic rings. The van der Waals surface area contributed by atoms with Gasteiger partial charge in [-0.3, -0.25) is 4.79 Å². The number of methoxy groups -OCH3 is 2. The van der Waals surface area contributed by atoms with Gasteiger partial charge in [0.25, 0.3) is 5.91 Å². The minimum Gasteiger partial charge on any atom is -0.497 e. The number of nitrogens with one attached hydrogen (secondary N) is 1. The number of hydrazone groups is 1. The van der Waals surface area contributed by atoms with Crippen molar-refractivity contribution in [3.63, 3.8) is 0 Å². The lowest BCUT2D eigenvalue weighted by molar-refractivity contribution is 0.0959. The Bertz CT molecular complexity index is 953.